The first-order valence-electron chi connectivity index (χ1n) is 7.99. The number of rotatable bonds is 2. The molecule has 1 amide bonds. The zero-order valence-corrected chi connectivity index (χ0v) is 13.0. The first-order chi connectivity index (χ1) is 10.3. The summed E-state index contributed by atoms with van der Waals surface area (Å²) in [6, 6.07) is 2.21. The van der Waals surface area contributed by atoms with Gasteiger partial charge in [0.05, 0.1) is 24.1 Å². The van der Waals surface area contributed by atoms with Crippen LogP contribution in [0.2, 0.25) is 0 Å². The Labute approximate surface area is 129 Å². The smallest absolute Gasteiger partial charge is 0.264 e. The molecule has 0 aromatic carbocycles. The SMILES string of the molecule is O=C(c1cc2c(s1)CCC2)N1CCCCC1C1OCCO1. The minimum Gasteiger partial charge on any atom is -0.348 e. The van der Waals surface area contributed by atoms with Crippen LogP contribution in [0.15, 0.2) is 6.07 Å². The zero-order chi connectivity index (χ0) is 14.2. The normalized spacial score (nSPS) is 26.3. The highest BCUT2D eigenvalue weighted by Gasteiger charge is 2.37. The van der Waals surface area contributed by atoms with E-state index in [4.69, 9.17) is 9.47 Å². The third-order valence-electron chi connectivity index (χ3n) is 4.73. The number of thiophene rings is 1. The lowest BCUT2D eigenvalue weighted by molar-refractivity contribution is -0.100. The van der Waals surface area contributed by atoms with Crippen LogP contribution < -0.4 is 0 Å². The van der Waals surface area contributed by atoms with Gasteiger partial charge in [-0.05, 0) is 50.2 Å². The fourth-order valence-electron chi connectivity index (χ4n) is 3.67. The average Bonchev–Trinajstić information content (AvgIpc) is 3.22. The molecule has 21 heavy (non-hydrogen) atoms. The molecule has 0 saturated carbocycles. The van der Waals surface area contributed by atoms with Crippen molar-refractivity contribution in [2.24, 2.45) is 0 Å². The topological polar surface area (TPSA) is 38.8 Å². The van der Waals surface area contributed by atoms with Crippen LogP contribution in [0.1, 0.15) is 45.8 Å². The molecule has 2 aliphatic heterocycles. The summed E-state index contributed by atoms with van der Waals surface area (Å²) in [5.41, 5.74) is 1.39. The molecular formula is C16H21NO3S. The Hall–Kier alpha value is -0.910. The van der Waals surface area contributed by atoms with E-state index in [0.717, 1.165) is 43.5 Å². The third kappa shape index (κ3) is 2.51. The maximum atomic E-state index is 12.9. The summed E-state index contributed by atoms with van der Waals surface area (Å²) in [5.74, 6) is 0.179. The van der Waals surface area contributed by atoms with E-state index in [9.17, 15) is 4.79 Å². The average molecular weight is 307 g/mol. The monoisotopic (exact) mass is 307 g/mol. The van der Waals surface area contributed by atoms with E-state index in [1.54, 1.807) is 11.3 Å². The Kier molecular flexibility index (Phi) is 3.73. The van der Waals surface area contributed by atoms with Gasteiger partial charge < -0.3 is 14.4 Å². The van der Waals surface area contributed by atoms with Crippen LogP contribution >= 0.6 is 11.3 Å². The van der Waals surface area contributed by atoms with Crippen molar-refractivity contribution >= 4 is 17.2 Å². The second-order valence-electron chi connectivity index (χ2n) is 6.08. The van der Waals surface area contributed by atoms with Crippen molar-refractivity contribution < 1.29 is 14.3 Å². The van der Waals surface area contributed by atoms with Gasteiger partial charge in [-0.2, -0.15) is 0 Å². The molecule has 0 radical (unpaired) electrons. The van der Waals surface area contributed by atoms with Crippen molar-refractivity contribution in [2.75, 3.05) is 19.8 Å². The molecule has 114 valence electrons. The number of amides is 1. The number of nitrogens with zero attached hydrogens (tertiary/aromatic N) is 1. The predicted octanol–water partition coefficient (Wildman–Crippen LogP) is 2.60. The third-order valence-corrected chi connectivity index (χ3v) is 5.95. The van der Waals surface area contributed by atoms with Gasteiger partial charge in [0.1, 0.15) is 0 Å². The van der Waals surface area contributed by atoms with Gasteiger partial charge in [-0.25, -0.2) is 0 Å². The Morgan fingerprint density at radius 1 is 1.19 bits per heavy atom. The van der Waals surface area contributed by atoms with Crippen LogP contribution in [0, 0.1) is 0 Å². The van der Waals surface area contributed by atoms with Gasteiger partial charge in [0, 0.05) is 11.4 Å². The molecule has 4 nitrogen and oxygen atoms in total. The molecule has 0 spiro atoms. The number of piperidine rings is 1. The van der Waals surface area contributed by atoms with Crippen LogP contribution in [0.5, 0.6) is 0 Å². The summed E-state index contributed by atoms with van der Waals surface area (Å²) >= 11 is 1.70. The van der Waals surface area contributed by atoms with Crippen molar-refractivity contribution in [3.05, 3.63) is 21.4 Å². The van der Waals surface area contributed by atoms with Crippen molar-refractivity contribution in [3.8, 4) is 0 Å². The second-order valence-corrected chi connectivity index (χ2v) is 7.22. The van der Waals surface area contributed by atoms with E-state index in [0.29, 0.717) is 13.2 Å². The van der Waals surface area contributed by atoms with Gasteiger partial charge in [-0.3, -0.25) is 4.79 Å². The lowest BCUT2D eigenvalue weighted by Crippen LogP contribution is -2.50. The summed E-state index contributed by atoms with van der Waals surface area (Å²) in [7, 11) is 0. The molecule has 1 aliphatic carbocycles. The van der Waals surface area contributed by atoms with Gasteiger partial charge in [0.25, 0.3) is 5.91 Å². The highest BCUT2D eigenvalue weighted by molar-refractivity contribution is 7.14. The molecule has 1 unspecified atom stereocenters. The van der Waals surface area contributed by atoms with Crippen molar-refractivity contribution in [1.29, 1.82) is 0 Å². The molecule has 1 aromatic rings. The van der Waals surface area contributed by atoms with Gasteiger partial charge >= 0.3 is 0 Å². The maximum Gasteiger partial charge on any atom is 0.264 e. The molecule has 0 N–H and O–H groups in total. The van der Waals surface area contributed by atoms with E-state index in [1.165, 1.54) is 16.9 Å². The molecular weight excluding hydrogens is 286 g/mol. The number of fused-ring (bicyclic) bond motifs is 1. The van der Waals surface area contributed by atoms with Crippen LogP contribution in [0.4, 0.5) is 0 Å². The molecule has 3 heterocycles. The Morgan fingerprint density at radius 2 is 2.05 bits per heavy atom. The fraction of sp³-hybridized carbons (Fsp3) is 0.688. The molecule has 2 fully saturated rings. The van der Waals surface area contributed by atoms with Crippen molar-refractivity contribution in [3.63, 3.8) is 0 Å². The van der Waals surface area contributed by atoms with E-state index < -0.39 is 0 Å². The fourth-order valence-corrected chi connectivity index (χ4v) is 4.88. The van der Waals surface area contributed by atoms with E-state index in [2.05, 4.69) is 6.07 Å². The summed E-state index contributed by atoms with van der Waals surface area (Å²) < 4.78 is 11.3. The summed E-state index contributed by atoms with van der Waals surface area (Å²) in [5, 5.41) is 0. The van der Waals surface area contributed by atoms with Gasteiger partial charge in [-0.1, -0.05) is 0 Å². The number of aryl methyl sites for hydroxylation is 2. The van der Waals surface area contributed by atoms with Gasteiger partial charge in [0.15, 0.2) is 6.29 Å². The van der Waals surface area contributed by atoms with Crippen LogP contribution in [-0.4, -0.2) is 42.9 Å². The Balaban J connectivity index is 1.55. The first-order valence-corrected chi connectivity index (χ1v) is 8.80. The number of carbonyl (C=O) groups excluding carboxylic acids is 1. The number of hydrogen-bond donors (Lipinski definition) is 0. The predicted molar refractivity (Wildman–Crippen MR) is 80.7 cm³/mol. The molecule has 4 rings (SSSR count). The summed E-state index contributed by atoms with van der Waals surface area (Å²) in [4.78, 5) is 17.2. The standard InChI is InChI=1S/C16H21NO3S/c18-15(14-10-11-4-3-6-13(11)21-14)17-7-2-1-5-12(17)16-19-8-9-20-16/h10,12,16H,1-9H2. The summed E-state index contributed by atoms with van der Waals surface area (Å²) in [6.07, 6.45) is 6.52. The first kappa shape index (κ1) is 13.7. The van der Waals surface area contributed by atoms with Crippen LogP contribution in [0.3, 0.4) is 0 Å². The second kappa shape index (κ2) is 5.71. The number of hydrogen-bond acceptors (Lipinski definition) is 4. The molecule has 0 bridgehead atoms. The highest BCUT2D eigenvalue weighted by atomic mass is 32.1. The maximum absolute atomic E-state index is 12.9. The number of likely N-dealkylation sites (tertiary alicyclic amines) is 1. The van der Waals surface area contributed by atoms with Crippen molar-refractivity contribution in [2.45, 2.75) is 50.9 Å². The van der Waals surface area contributed by atoms with Gasteiger partial charge in [-0.15, -0.1) is 11.3 Å². The highest BCUT2D eigenvalue weighted by Crippen LogP contribution is 2.33. The number of ether oxygens (including phenoxy) is 2. The van der Waals surface area contributed by atoms with E-state index in [-0.39, 0.29) is 18.2 Å². The molecule has 1 atom stereocenters. The molecule has 3 aliphatic rings. The Morgan fingerprint density at radius 3 is 2.86 bits per heavy atom. The van der Waals surface area contributed by atoms with E-state index >= 15 is 0 Å². The minimum atomic E-state index is -0.221. The van der Waals surface area contributed by atoms with Crippen LogP contribution in [-0.2, 0) is 22.3 Å². The minimum absolute atomic E-state index is 0.0886. The van der Waals surface area contributed by atoms with Gasteiger partial charge in [0.2, 0.25) is 0 Å². The largest absolute Gasteiger partial charge is 0.348 e. The van der Waals surface area contributed by atoms with E-state index in [1.807, 2.05) is 4.90 Å². The lowest BCUT2D eigenvalue weighted by Gasteiger charge is -2.37. The number of carbonyl (C=O) groups is 1. The van der Waals surface area contributed by atoms with Crippen LogP contribution in [0.25, 0.3) is 0 Å². The molecule has 5 heteroatoms. The van der Waals surface area contributed by atoms with Crippen molar-refractivity contribution in [1.82, 2.24) is 4.90 Å². The quantitative estimate of drug-likeness (QED) is 0.843. The lowest BCUT2D eigenvalue weighted by atomic mass is 10.0. The molecule has 2 saturated heterocycles. The molecule has 1 aromatic heterocycles. The Bertz CT molecular complexity index is 514. The zero-order valence-electron chi connectivity index (χ0n) is 12.2. The summed E-state index contributed by atoms with van der Waals surface area (Å²) in [6.45, 7) is 2.13.